The van der Waals surface area contributed by atoms with E-state index < -0.39 is 23.7 Å². The first-order valence-electron chi connectivity index (χ1n) is 3.93. The molecule has 0 aliphatic carbocycles. The average molecular weight is 321 g/mol. The Hall–Kier alpha value is 0.792. The van der Waals surface area contributed by atoms with E-state index in [9.17, 15) is 14.7 Å². The van der Waals surface area contributed by atoms with Crippen LogP contribution in [0.1, 0.15) is 27.7 Å². The van der Waals surface area contributed by atoms with E-state index in [2.05, 4.69) is 5.32 Å². The first-order valence-corrected chi connectivity index (χ1v) is 3.93. The molecule has 0 saturated heterocycles. The minimum atomic E-state index is -1.34. The molecular formula is C8H14CsNO4. The average Bonchev–Trinajstić information content (AvgIpc) is 1.81. The quantitative estimate of drug-likeness (QED) is 0.577. The minimum Gasteiger partial charge on any atom is -0.548 e. The van der Waals surface area contributed by atoms with Crippen LogP contribution in [-0.4, -0.2) is 23.7 Å². The van der Waals surface area contributed by atoms with Crippen molar-refractivity contribution < 1.29 is 88.3 Å². The number of carbonyl (C=O) groups excluding carboxylic acids is 2. The number of rotatable bonds is 2. The van der Waals surface area contributed by atoms with E-state index in [4.69, 9.17) is 4.74 Å². The van der Waals surface area contributed by atoms with Gasteiger partial charge in [0.1, 0.15) is 5.60 Å². The number of amides is 1. The van der Waals surface area contributed by atoms with Gasteiger partial charge in [-0.25, -0.2) is 4.79 Å². The predicted octanol–water partition coefficient (Wildman–Crippen LogP) is -3.35. The molecule has 0 fully saturated rings. The number of hydrogen-bond donors (Lipinski definition) is 1. The zero-order chi connectivity index (χ0) is 10.6. The summed E-state index contributed by atoms with van der Waals surface area (Å²) in [7, 11) is 0. The van der Waals surface area contributed by atoms with Crippen molar-refractivity contribution in [3.05, 3.63) is 0 Å². The van der Waals surface area contributed by atoms with Gasteiger partial charge in [-0.2, -0.15) is 0 Å². The summed E-state index contributed by atoms with van der Waals surface area (Å²) in [5, 5.41) is 12.3. The molecule has 0 rings (SSSR count). The maximum atomic E-state index is 10.9. The number of nitrogens with one attached hydrogen (secondary N) is 1. The molecule has 0 saturated carbocycles. The largest absolute Gasteiger partial charge is 1.00 e. The molecule has 0 spiro atoms. The van der Waals surface area contributed by atoms with Crippen LogP contribution < -0.4 is 79.3 Å². The summed E-state index contributed by atoms with van der Waals surface area (Å²) in [6.07, 6.45) is -0.760. The topological polar surface area (TPSA) is 78.5 Å². The fourth-order valence-electron chi connectivity index (χ4n) is 0.543. The number of carboxylic acids is 1. The smallest absolute Gasteiger partial charge is 0.548 e. The van der Waals surface area contributed by atoms with Crippen LogP contribution in [0.2, 0.25) is 0 Å². The Morgan fingerprint density at radius 2 is 1.79 bits per heavy atom. The van der Waals surface area contributed by atoms with Crippen molar-refractivity contribution in [3.63, 3.8) is 0 Å². The Bertz CT molecular complexity index is 212. The van der Waals surface area contributed by atoms with Gasteiger partial charge in [0.05, 0.1) is 12.0 Å². The van der Waals surface area contributed by atoms with Crippen LogP contribution in [0.15, 0.2) is 0 Å². The minimum absolute atomic E-state index is 0. The van der Waals surface area contributed by atoms with Crippen molar-refractivity contribution in [3.8, 4) is 0 Å². The van der Waals surface area contributed by atoms with E-state index in [1.165, 1.54) is 6.92 Å². The Labute approximate surface area is 142 Å². The molecule has 1 amide bonds. The fraction of sp³-hybridized carbons (Fsp3) is 0.750. The molecular weight excluding hydrogens is 307 g/mol. The van der Waals surface area contributed by atoms with E-state index in [1.807, 2.05) is 0 Å². The molecule has 0 unspecified atom stereocenters. The van der Waals surface area contributed by atoms with Crippen molar-refractivity contribution in [1.29, 1.82) is 0 Å². The third-order valence-electron chi connectivity index (χ3n) is 1.09. The Kier molecular flexibility index (Phi) is 8.76. The number of carbonyl (C=O) groups is 2. The summed E-state index contributed by atoms with van der Waals surface area (Å²) in [6, 6.07) is -1.05. The zero-order valence-electron chi connectivity index (χ0n) is 9.21. The predicted molar refractivity (Wildman–Crippen MR) is 43.8 cm³/mol. The maximum absolute atomic E-state index is 10.9. The second-order valence-corrected chi connectivity index (χ2v) is 3.69. The van der Waals surface area contributed by atoms with Gasteiger partial charge in [-0.05, 0) is 27.7 Å². The third kappa shape index (κ3) is 9.35. The molecule has 0 aliphatic heterocycles. The van der Waals surface area contributed by atoms with E-state index in [1.54, 1.807) is 20.8 Å². The summed E-state index contributed by atoms with van der Waals surface area (Å²) >= 11 is 0. The summed E-state index contributed by atoms with van der Waals surface area (Å²) in [4.78, 5) is 21.2. The van der Waals surface area contributed by atoms with Crippen LogP contribution in [-0.2, 0) is 9.53 Å². The third-order valence-corrected chi connectivity index (χ3v) is 1.09. The van der Waals surface area contributed by atoms with E-state index in [-0.39, 0.29) is 68.9 Å². The Morgan fingerprint density at radius 1 is 1.36 bits per heavy atom. The van der Waals surface area contributed by atoms with Gasteiger partial charge in [0.25, 0.3) is 0 Å². The SMILES string of the molecule is C[C@H](NC(=O)OC(C)(C)C)C(=O)[O-].[Cs+]. The number of alkyl carbamates (subject to hydrolysis) is 1. The molecule has 0 radical (unpaired) electrons. The van der Waals surface area contributed by atoms with Crippen LogP contribution in [0, 0.1) is 0 Å². The number of aliphatic carboxylic acids is 1. The van der Waals surface area contributed by atoms with Crippen LogP contribution in [0.4, 0.5) is 4.79 Å². The van der Waals surface area contributed by atoms with Crippen molar-refractivity contribution in [2.75, 3.05) is 0 Å². The van der Waals surface area contributed by atoms with Crippen LogP contribution in [0.3, 0.4) is 0 Å². The number of carboxylic acid groups (broad SMARTS) is 1. The van der Waals surface area contributed by atoms with E-state index in [0.29, 0.717) is 0 Å². The normalized spacial score (nSPS) is 12.3. The number of ether oxygens (including phenoxy) is 1. The van der Waals surface area contributed by atoms with Gasteiger partial charge < -0.3 is 20.0 Å². The number of hydrogen-bond acceptors (Lipinski definition) is 4. The standard InChI is InChI=1S/C8H15NO4.Cs/c1-5(6(10)11)9-7(12)13-8(2,3)4;/h5H,1-4H3,(H,9,12)(H,10,11);/q;+1/p-1/t5-;/m0./s1. The zero-order valence-corrected chi connectivity index (χ0v) is 15.5. The van der Waals surface area contributed by atoms with Crippen molar-refractivity contribution >= 4 is 12.1 Å². The van der Waals surface area contributed by atoms with E-state index in [0.717, 1.165) is 0 Å². The molecule has 1 N–H and O–H groups in total. The van der Waals surface area contributed by atoms with Gasteiger partial charge >= 0.3 is 75.0 Å². The molecule has 6 heteroatoms. The summed E-state index contributed by atoms with van der Waals surface area (Å²) in [5.41, 5.74) is -0.629. The Balaban J connectivity index is 0. The van der Waals surface area contributed by atoms with Crippen molar-refractivity contribution in [1.82, 2.24) is 5.32 Å². The molecule has 1 atom stereocenters. The van der Waals surface area contributed by atoms with Crippen LogP contribution >= 0.6 is 0 Å². The van der Waals surface area contributed by atoms with Crippen molar-refractivity contribution in [2.24, 2.45) is 0 Å². The monoisotopic (exact) mass is 321 g/mol. The molecule has 76 valence electrons. The summed E-state index contributed by atoms with van der Waals surface area (Å²) < 4.78 is 4.82. The maximum Gasteiger partial charge on any atom is 1.00 e. The van der Waals surface area contributed by atoms with E-state index >= 15 is 0 Å². The van der Waals surface area contributed by atoms with Gasteiger partial charge in [-0.1, -0.05) is 0 Å². The first-order chi connectivity index (χ1) is 5.72. The summed E-state index contributed by atoms with van der Waals surface area (Å²) in [6.45, 7) is 6.38. The van der Waals surface area contributed by atoms with Gasteiger partial charge in [-0.15, -0.1) is 0 Å². The molecule has 0 aromatic carbocycles. The second kappa shape index (κ2) is 7.13. The molecule has 14 heavy (non-hydrogen) atoms. The van der Waals surface area contributed by atoms with Gasteiger partial charge in [0.2, 0.25) is 0 Å². The van der Waals surface area contributed by atoms with Crippen LogP contribution in [0.5, 0.6) is 0 Å². The van der Waals surface area contributed by atoms with Crippen molar-refractivity contribution in [2.45, 2.75) is 39.3 Å². The van der Waals surface area contributed by atoms with Gasteiger partial charge in [-0.3, -0.25) is 0 Å². The second-order valence-electron chi connectivity index (χ2n) is 3.69. The molecule has 0 aromatic heterocycles. The molecule has 0 bridgehead atoms. The molecule has 5 nitrogen and oxygen atoms in total. The molecule has 0 heterocycles. The van der Waals surface area contributed by atoms with Gasteiger partial charge in [0.15, 0.2) is 0 Å². The summed E-state index contributed by atoms with van der Waals surface area (Å²) in [5.74, 6) is -1.34. The first kappa shape index (κ1) is 17.2. The Morgan fingerprint density at radius 3 is 2.07 bits per heavy atom. The fourth-order valence-corrected chi connectivity index (χ4v) is 0.543. The van der Waals surface area contributed by atoms with Crippen LogP contribution in [0.25, 0.3) is 0 Å². The molecule has 0 aromatic rings. The van der Waals surface area contributed by atoms with Gasteiger partial charge in [0, 0.05) is 0 Å². The molecule has 0 aliphatic rings.